The second-order valence-electron chi connectivity index (χ2n) is 6.19. The maximum Gasteiger partial charge on any atom is 0.407 e. The Morgan fingerprint density at radius 3 is 2.48 bits per heavy atom. The Morgan fingerprint density at radius 1 is 1.33 bits per heavy atom. The van der Waals surface area contributed by atoms with Gasteiger partial charge in [0.2, 0.25) is 0 Å². The van der Waals surface area contributed by atoms with Gasteiger partial charge in [-0.05, 0) is 40.2 Å². The topological polar surface area (TPSA) is 73.6 Å². The number of ether oxygens (including phenoxy) is 2. The van der Waals surface area contributed by atoms with Crippen LogP contribution in [0.3, 0.4) is 0 Å². The lowest BCUT2D eigenvalue weighted by molar-refractivity contribution is 0.0524. The fraction of sp³-hybridized carbons (Fsp3) is 0.562. The van der Waals surface area contributed by atoms with E-state index in [0.29, 0.717) is 0 Å². The molecule has 21 heavy (non-hydrogen) atoms. The van der Waals surface area contributed by atoms with Gasteiger partial charge in [-0.1, -0.05) is 17.7 Å². The first-order valence-electron chi connectivity index (χ1n) is 7.01. The SMILES string of the molecule is COc1c(C)cc(C)cc1C(N)CNC(=O)OC(C)(C)C. The standard InChI is InChI=1S/C16H26N2O3/c1-10-7-11(2)14(20-6)12(8-10)13(17)9-18-15(19)21-16(3,4)5/h7-8,13H,9,17H2,1-6H3,(H,18,19). The highest BCUT2D eigenvalue weighted by molar-refractivity contribution is 5.67. The van der Waals surface area contributed by atoms with E-state index in [9.17, 15) is 4.79 Å². The minimum absolute atomic E-state index is 0.286. The molecular weight excluding hydrogens is 268 g/mol. The third-order valence-corrected chi connectivity index (χ3v) is 2.92. The van der Waals surface area contributed by atoms with Crippen LogP contribution >= 0.6 is 0 Å². The molecule has 0 spiro atoms. The summed E-state index contributed by atoms with van der Waals surface area (Å²) in [7, 11) is 1.62. The van der Waals surface area contributed by atoms with Gasteiger partial charge >= 0.3 is 6.09 Å². The summed E-state index contributed by atoms with van der Waals surface area (Å²) in [6.45, 7) is 9.72. The van der Waals surface area contributed by atoms with E-state index in [2.05, 4.69) is 5.32 Å². The summed E-state index contributed by atoms with van der Waals surface area (Å²) < 4.78 is 10.6. The van der Waals surface area contributed by atoms with Crippen molar-refractivity contribution in [3.63, 3.8) is 0 Å². The molecule has 0 fully saturated rings. The molecule has 0 saturated heterocycles. The molecule has 1 rings (SSSR count). The number of alkyl carbamates (subject to hydrolysis) is 1. The maximum atomic E-state index is 11.7. The monoisotopic (exact) mass is 294 g/mol. The summed E-state index contributed by atoms with van der Waals surface area (Å²) in [5.74, 6) is 0.763. The van der Waals surface area contributed by atoms with E-state index in [4.69, 9.17) is 15.2 Å². The minimum Gasteiger partial charge on any atom is -0.496 e. The van der Waals surface area contributed by atoms with Gasteiger partial charge in [-0.15, -0.1) is 0 Å². The summed E-state index contributed by atoms with van der Waals surface area (Å²) in [6.07, 6.45) is -0.471. The molecule has 1 unspecified atom stereocenters. The molecule has 0 aliphatic rings. The Hall–Kier alpha value is -1.75. The smallest absolute Gasteiger partial charge is 0.407 e. The van der Waals surface area contributed by atoms with Crippen LogP contribution in [0.25, 0.3) is 0 Å². The van der Waals surface area contributed by atoms with Crippen LogP contribution in [0.15, 0.2) is 12.1 Å². The Morgan fingerprint density at radius 2 is 1.95 bits per heavy atom. The molecule has 1 aromatic rings. The molecule has 1 aromatic carbocycles. The number of hydrogen-bond donors (Lipinski definition) is 2. The number of aryl methyl sites for hydroxylation is 2. The van der Waals surface area contributed by atoms with Gasteiger partial charge in [0.15, 0.2) is 0 Å². The Kier molecular flexibility index (Phi) is 5.61. The fourth-order valence-electron chi connectivity index (χ4n) is 2.16. The number of carbonyl (C=O) groups is 1. The van der Waals surface area contributed by atoms with Crippen LogP contribution in [0.2, 0.25) is 0 Å². The fourth-order valence-corrected chi connectivity index (χ4v) is 2.16. The van der Waals surface area contributed by atoms with Crippen LogP contribution in [-0.2, 0) is 4.74 Å². The van der Waals surface area contributed by atoms with Crippen molar-refractivity contribution >= 4 is 6.09 Å². The van der Waals surface area contributed by atoms with Gasteiger partial charge in [-0.2, -0.15) is 0 Å². The van der Waals surface area contributed by atoms with Crippen molar-refractivity contribution in [1.29, 1.82) is 0 Å². The zero-order chi connectivity index (χ0) is 16.2. The van der Waals surface area contributed by atoms with Crippen molar-refractivity contribution in [2.24, 2.45) is 5.73 Å². The van der Waals surface area contributed by atoms with E-state index in [1.807, 2.05) is 46.8 Å². The summed E-state index contributed by atoms with van der Waals surface area (Å²) in [6, 6.07) is 3.66. The molecule has 0 aromatic heterocycles. The molecule has 1 amide bonds. The lowest BCUT2D eigenvalue weighted by Gasteiger charge is -2.22. The number of carbonyl (C=O) groups excluding carboxylic acids is 1. The third-order valence-electron chi connectivity index (χ3n) is 2.92. The van der Waals surface area contributed by atoms with Gasteiger partial charge in [0.25, 0.3) is 0 Å². The molecule has 0 heterocycles. The zero-order valence-electron chi connectivity index (χ0n) is 13.7. The number of methoxy groups -OCH3 is 1. The second-order valence-corrected chi connectivity index (χ2v) is 6.19. The van der Waals surface area contributed by atoms with Crippen molar-refractivity contribution in [2.45, 2.75) is 46.3 Å². The first kappa shape index (κ1) is 17.3. The third kappa shape index (κ3) is 5.27. The molecule has 0 aliphatic heterocycles. The highest BCUT2D eigenvalue weighted by atomic mass is 16.6. The predicted molar refractivity (Wildman–Crippen MR) is 83.6 cm³/mol. The number of nitrogens with two attached hydrogens (primary N) is 1. The van der Waals surface area contributed by atoms with Crippen molar-refractivity contribution in [1.82, 2.24) is 5.32 Å². The highest BCUT2D eigenvalue weighted by Crippen LogP contribution is 2.29. The molecule has 0 radical (unpaired) electrons. The van der Waals surface area contributed by atoms with Gasteiger partial charge in [0, 0.05) is 12.1 Å². The molecule has 3 N–H and O–H groups in total. The lowest BCUT2D eigenvalue weighted by Crippen LogP contribution is -2.36. The van der Waals surface area contributed by atoms with E-state index in [0.717, 1.165) is 22.4 Å². The van der Waals surface area contributed by atoms with E-state index in [1.165, 1.54) is 0 Å². The molecule has 1 atom stereocenters. The van der Waals surface area contributed by atoms with Gasteiger partial charge in [0.05, 0.1) is 13.2 Å². The number of benzene rings is 1. The Labute approximate surface area is 126 Å². The van der Waals surface area contributed by atoms with Gasteiger partial charge in [-0.3, -0.25) is 0 Å². The highest BCUT2D eigenvalue weighted by Gasteiger charge is 2.19. The van der Waals surface area contributed by atoms with Gasteiger partial charge < -0.3 is 20.5 Å². The van der Waals surface area contributed by atoms with Gasteiger partial charge in [0.1, 0.15) is 11.4 Å². The number of rotatable bonds is 4. The second kappa shape index (κ2) is 6.80. The molecule has 0 saturated carbocycles. The van der Waals surface area contributed by atoms with Crippen molar-refractivity contribution in [3.05, 3.63) is 28.8 Å². The summed E-state index contributed by atoms with van der Waals surface area (Å²) in [5.41, 5.74) is 8.66. The van der Waals surface area contributed by atoms with E-state index >= 15 is 0 Å². The number of hydrogen-bond acceptors (Lipinski definition) is 4. The van der Waals surface area contributed by atoms with E-state index in [1.54, 1.807) is 7.11 Å². The van der Waals surface area contributed by atoms with Crippen LogP contribution in [0, 0.1) is 13.8 Å². The summed E-state index contributed by atoms with van der Waals surface area (Å²) in [4.78, 5) is 11.7. The first-order chi connectivity index (χ1) is 9.64. The number of nitrogens with one attached hydrogen (secondary N) is 1. The lowest BCUT2D eigenvalue weighted by atomic mass is 10.00. The first-order valence-corrected chi connectivity index (χ1v) is 7.01. The largest absolute Gasteiger partial charge is 0.496 e. The van der Waals surface area contributed by atoms with Crippen LogP contribution < -0.4 is 15.8 Å². The van der Waals surface area contributed by atoms with Crippen LogP contribution in [0.1, 0.15) is 43.5 Å². The van der Waals surface area contributed by atoms with E-state index < -0.39 is 11.7 Å². The van der Waals surface area contributed by atoms with Crippen LogP contribution in [0.4, 0.5) is 4.79 Å². The average Bonchev–Trinajstić information content (AvgIpc) is 2.33. The molecule has 5 heteroatoms. The van der Waals surface area contributed by atoms with Crippen molar-refractivity contribution in [3.8, 4) is 5.75 Å². The molecule has 5 nitrogen and oxygen atoms in total. The summed E-state index contributed by atoms with van der Waals surface area (Å²) >= 11 is 0. The van der Waals surface area contributed by atoms with Crippen LogP contribution in [-0.4, -0.2) is 25.3 Å². The van der Waals surface area contributed by atoms with E-state index in [-0.39, 0.29) is 12.6 Å². The van der Waals surface area contributed by atoms with Crippen molar-refractivity contribution in [2.75, 3.05) is 13.7 Å². The molecule has 0 bridgehead atoms. The molecule has 118 valence electrons. The Bertz CT molecular complexity index is 507. The van der Waals surface area contributed by atoms with Gasteiger partial charge in [-0.25, -0.2) is 4.79 Å². The van der Waals surface area contributed by atoms with Crippen molar-refractivity contribution < 1.29 is 14.3 Å². The quantitative estimate of drug-likeness (QED) is 0.895. The van der Waals surface area contributed by atoms with Crippen LogP contribution in [0.5, 0.6) is 5.75 Å². The normalized spacial score (nSPS) is 12.7. The summed E-state index contributed by atoms with van der Waals surface area (Å²) in [5, 5.41) is 2.69. The maximum absolute atomic E-state index is 11.7. The minimum atomic E-state index is -0.522. The zero-order valence-corrected chi connectivity index (χ0v) is 13.7. The number of amides is 1. The molecule has 0 aliphatic carbocycles. The predicted octanol–water partition coefficient (Wildman–Crippen LogP) is 2.84. The average molecular weight is 294 g/mol. The Balaban J connectivity index is 2.76. The molecular formula is C16H26N2O3.